The molecule has 1 heterocycles. The Hall–Kier alpha value is -4.30. The monoisotopic (exact) mass is 459 g/mol. The van der Waals surface area contributed by atoms with Crippen molar-refractivity contribution in [3.8, 4) is 11.3 Å². The number of carbonyl (C=O) groups is 1. The Labute approximate surface area is 194 Å². The quantitative estimate of drug-likeness (QED) is 0.270. The molecule has 0 aliphatic carbocycles. The summed E-state index contributed by atoms with van der Waals surface area (Å²) in [5.41, 5.74) is 2.74. The van der Waals surface area contributed by atoms with E-state index in [1.54, 1.807) is 18.2 Å². The Morgan fingerprint density at radius 3 is 2.45 bits per heavy atom. The van der Waals surface area contributed by atoms with E-state index in [0.29, 0.717) is 23.0 Å². The number of nitro groups is 1. The van der Waals surface area contributed by atoms with Crippen molar-refractivity contribution in [3.63, 3.8) is 0 Å². The molecule has 2 N–H and O–H groups in total. The number of hydrogen-bond donors (Lipinski definition) is 2. The van der Waals surface area contributed by atoms with Gasteiger partial charge in [-0.3, -0.25) is 14.9 Å². The molecular weight excluding hydrogens is 442 g/mol. The van der Waals surface area contributed by atoms with Gasteiger partial charge in [0.05, 0.1) is 21.2 Å². The van der Waals surface area contributed by atoms with E-state index in [1.165, 1.54) is 12.1 Å². The van der Waals surface area contributed by atoms with Crippen LogP contribution in [0.15, 0.2) is 78.9 Å². The van der Waals surface area contributed by atoms with Gasteiger partial charge >= 0.3 is 0 Å². The van der Waals surface area contributed by atoms with Gasteiger partial charge in [-0.15, -0.1) is 0 Å². The number of aromatic nitrogens is 2. The number of carbonyl (C=O) groups excluding carboxylic acids is 1. The van der Waals surface area contributed by atoms with E-state index in [-0.39, 0.29) is 16.3 Å². The van der Waals surface area contributed by atoms with Gasteiger partial charge in [-0.1, -0.05) is 48.0 Å². The summed E-state index contributed by atoms with van der Waals surface area (Å²) in [6.45, 7) is 1.82. The average molecular weight is 460 g/mol. The Kier molecular flexibility index (Phi) is 6.28. The molecule has 0 bridgehead atoms. The lowest BCUT2D eigenvalue weighted by Crippen LogP contribution is -2.13. The number of aryl methyl sites for hydroxylation is 1. The zero-order valence-electron chi connectivity index (χ0n) is 17.4. The third-order valence-corrected chi connectivity index (χ3v) is 5.04. The minimum Gasteiger partial charge on any atom is -0.340 e. The van der Waals surface area contributed by atoms with Crippen LogP contribution >= 0.6 is 11.6 Å². The maximum absolute atomic E-state index is 12.7. The lowest BCUT2D eigenvalue weighted by Gasteiger charge is -2.11. The lowest BCUT2D eigenvalue weighted by atomic mass is 10.1. The maximum Gasteiger partial charge on any atom is 0.270 e. The molecule has 0 aliphatic heterocycles. The van der Waals surface area contributed by atoms with Gasteiger partial charge in [0.15, 0.2) is 0 Å². The molecular formula is C24H18ClN5O3. The first-order chi connectivity index (χ1) is 15.9. The van der Waals surface area contributed by atoms with Gasteiger partial charge in [0.25, 0.3) is 11.6 Å². The molecule has 164 valence electrons. The van der Waals surface area contributed by atoms with Crippen LogP contribution in [0.1, 0.15) is 16.2 Å². The first-order valence-corrected chi connectivity index (χ1v) is 10.3. The Bertz CT molecular complexity index is 1350. The van der Waals surface area contributed by atoms with Gasteiger partial charge in [-0.2, -0.15) is 0 Å². The standard InChI is InChI=1S/C24H18ClN5O3/c1-15-26-22(16-6-3-2-4-7-16)14-23(27-15)28-17-8-5-9-18(12-17)29-24(31)20-13-19(30(32)33)10-11-21(20)25/h2-14H,1H3,(H,29,31)(H,26,27,28). The molecule has 4 aromatic rings. The van der Waals surface area contributed by atoms with Crippen LogP contribution in [0.4, 0.5) is 22.9 Å². The highest BCUT2D eigenvalue weighted by atomic mass is 35.5. The second-order valence-corrected chi connectivity index (χ2v) is 7.54. The second-order valence-electron chi connectivity index (χ2n) is 7.13. The maximum atomic E-state index is 12.7. The molecule has 9 heteroatoms. The lowest BCUT2D eigenvalue weighted by molar-refractivity contribution is -0.384. The molecule has 4 rings (SSSR count). The zero-order valence-corrected chi connectivity index (χ0v) is 18.2. The van der Waals surface area contributed by atoms with E-state index in [4.69, 9.17) is 11.6 Å². The highest BCUT2D eigenvalue weighted by molar-refractivity contribution is 6.34. The molecule has 0 fully saturated rings. The minimum atomic E-state index is -0.578. The summed E-state index contributed by atoms with van der Waals surface area (Å²) in [7, 11) is 0. The molecule has 33 heavy (non-hydrogen) atoms. The Morgan fingerprint density at radius 1 is 0.939 bits per heavy atom. The fourth-order valence-electron chi connectivity index (χ4n) is 3.21. The summed E-state index contributed by atoms with van der Waals surface area (Å²) in [5.74, 6) is 0.667. The fourth-order valence-corrected chi connectivity index (χ4v) is 3.41. The third-order valence-electron chi connectivity index (χ3n) is 4.71. The van der Waals surface area contributed by atoms with E-state index >= 15 is 0 Å². The van der Waals surface area contributed by atoms with E-state index in [1.807, 2.05) is 49.4 Å². The third kappa shape index (κ3) is 5.31. The van der Waals surface area contributed by atoms with E-state index < -0.39 is 10.8 Å². The van der Waals surface area contributed by atoms with Gasteiger partial charge < -0.3 is 10.6 Å². The number of non-ortho nitro benzene ring substituents is 1. The van der Waals surface area contributed by atoms with Crippen molar-refractivity contribution >= 4 is 40.4 Å². The summed E-state index contributed by atoms with van der Waals surface area (Å²) in [4.78, 5) is 32.0. The number of rotatable bonds is 6. The van der Waals surface area contributed by atoms with Crippen molar-refractivity contribution < 1.29 is 9.72 Å². The first kappa shape index (κ1) is 21.9. The van der Waals surface area contributed by atoms with Crippen LogP contribution in [0.25, 0.3) is 11.3 Å². The topological polar surface area (TPSA) is 110 Å². The molecule has 0 saturated heterocycles. The van der Waals surface area contributed by atoms with Gasteiger partial charge in [0.2, 0.25) is 0 Å². The first-order valence-electron chi connectivity index (χ1n) is 9.92. The molecule has 0 saturated carbocycles. The SMILES string of the molecule is Cc1nc(Nc2cccc(NC(=O)c3cc([N+](=O)[O-])ccc3Cl)c2)cc(-c2ccccc2)n1. The number of nitro benzene ring substituents is 1. The molecule has 0 atom stereocenters. The number of benzene rings is 3. The highest BCUT2D eigenvalue weighted by Gasteiger charge is 2.16. The molecule has 8 nitrogen and oxygen atoms in total. The fraction of sp³-hybridized carbons (Fsp3) is 0.0417. The summed E-state index contributed by atoms with van der Waals surface area (Å²) >= 11 is 6.07. The molecule has 0 unspecified atom stereocenters. The normalized spacial score (nSPS) is 10.5. The van der Waals surface area contributed by atoms with E-state index in [0.717, 1.165) is 17.3 Å². The van der Waals surface area contributed by atoms with Gasteiger partial charge in [-0.25, -0.2) is 9.97 Å². The largest absolute Gasteiger partial charge is 0.340 e. The van der Waals surface area contributed by atoms with Crippen LogP contribution in [0.5, 0.6) is 0 Å². The van der Waals surface area contributed by atoms with Gasteiger partial charge in [0.1, 0.15) is 11.6 Å². The molecule has 3 aromatic carbocycles. The minimum absolute atomic E-state index is 0.0168. The van der Waals surface area contributed by atoms with Crippen molar-refractivity contribution in [2.24, 2.45) is 0 Å². The van der Waals surface area contributed by atoms with Gasteiger partial charge in [0, 0.05) is 35.1 Å². The summed E-state index contributed by atoms with van der Waals surface area (Å²) in [6.07, 6.45) is 0. The number of halogens is 1. The summed E-state index contributed by atoms with van der Waals surface area (Å²) < 4.78 is 0. The average Bonchev–Trinajstić information content (AvgIpc) is 2.79. The predicted molar refractivity (Wildman–Crippen MR) is 128 cm³/mol. The van der Waals surface area contributed by atoms with Crippen molar-refractivity contribution in [1.29, 1.82) is 0 Å². The number of hydrogen-bond acceptors (Lipinski definition) is 6. The smallest absolute Gasteiger partial charge is 0.270 e. The second kappa shape index (κ2) is 9.46. The molecule has 0 spiro atoms. The Morgan fingerprint density at radius 2 is 1.70 bits per heavy atom. The predicted octanol–water partition coefficient (Wildman–Crippen LogP) is 6.01. The highest BCUT2D eigenvalue weighted by Crippen LogP contribution is 2.26. The molecule has 0 aliphatic rings. The molecule has 1 amide bonds. The van der Waals surface area contributed by atoms with Crippen molar-refractivity contribution in [2.75, 3.05) is 10.6 Å². The van der Waals surface area contributed by atoms with Crippen LogP contribution in [0, 0.1) is 17.0 Å². The summed E-state index contributed by atoms with van der Waals surface area (Å²) in [5, 5.41) is 17.1. The number of nitrogens with one attached hydrogen (secondary N) is 2. The number of amides is 1. The zero-order chi connectivity index (χ0) is 23.4. The number of nitrogens with zero attached hydrogens (tertiary/aromatic N) is 3. The van der Waals surface area contributed by atoms with E-state index in [9.17, 15) is 14.9 Å². The van der Waals surface area contributed by atoms with Crippen molar-refractivity contribution in [1.82, 2.24) is 9.97 Å². The van der Waals surface area contributed by atoms with Crippen LogP contribution in [0.3, 0.4) is 0 Å². The van der Waals surface area contributed by atoms with Crippen LogP contribution in [-0.2, 0) is 0 Å². The van der Waals surface area contributed by atoms with Crippen LogP contribution in [-0.4, -0.2) is 20.8 Å². The summed E-state index contributed by atoms with van der Waals surface area (Å²) in [6, 6.07) is 22.4. The van der Waals surface area contributed by atoms with Crippen molar-refractivity contribution in [2.45, 2.75) is 6.92 Å². The molecule has 1 aromatic heterocycles. The van der Waals surface area contributed by atoms with E-state index in [2.05, 4.69) is 20.6 Å². The van der Waals surface area contributed by atoms with Gasteiger partial charge in [-0.05, 0) is 31.2 Å². The van der Waals surface area contributed by atoms with Crippen LogP contribution < -0.4 is 10.6 Å². The van der Waals surface area contributed by atoms with Crippen LogP contribution in [0.2, 0.25) is 5.02 Å². The van der Waals surface area contributed by atoms with Crippen molar-refractivity contribution in [3.05, 3.63) is 105 Å². The number of anilines is 3. The molecule has 0 radical (unpaired) electrons. The Balaban J connectivity index is 1.55.